The minimum Gasteiger partial charge on any atom is -0.336 e. The van der Waals surface area contributed by atoms with E-state index in [4.69, 9.17) is 5.10 Å². The molecule has 0 spiro atoms. The molecule has 1 atom stereocenters. The van der Waals surface area contributed by atoms with Crippen LogP contribution in [0.5, 0.6) is 0 Å². The van der Waals surface area contributed by atoms with E-state index in [1.54, 1.807) is 0 Å². The molecule has 1 aliphatic heterocycles. The SMILES string of the molecule is Cc1nn(-c2ccccc2)cc1CN1CCC[C@H]1Cn1ccnc1. The van der Waals surface area contributed by atoms with Crippen LogP contribution >= 0.6 is 0 Å². The summed E-state index contributed by atoms with van der Waals surface area (Å²) >= 11 is 0. The number of hydrogen-bond acceptors (Lipinski definition) is 3. The number of aryl methyl sites for hydroxylation is 1. The second kappa shape index (κ2) is 6.61. The van der Waals surface area contributed by atoms with Crippen molar-refractivity contribution >= 4 is 0 Å². The van der Waals surface area contributed by atoms with E-state index in [0.717, 1.165) is 31.0 Å². The molecular weight excluding hydrogens is 298 g/mol. The normalized spacial score (nSPS) is 18.3. The summed E-state index contributed by atoms with van der Waals surface area (Å²) in [5.74, 6) is 0. The van der Waals surface area contributed by atoms with Gasteiger partial charge in [-0.25, -0.2) is 9.67 Å². The Bertz CT molecular complexity index is 775. The highest BCUT2D eigenvalue weighted by Gasteiger charge is 2.25. The van der Waals surface area contributed by atoms with E-state index in [0.29, 0.717) is 6.04 Å². The topological polar surface area (TPSA) is 38.9 Å². The van der Waals surface area contributed by atoms with Gasteiger partial charge in [0.1, 0.15) is 0 Å². The zero-order valence-corrected chi connectivity index (χ0v) is 14.0. The Labute approximate surface area is 142 Å². The summed E-state index contributed by atoms with van der Waals surface area (Å²) in [6.45, 7) is 5.26. The smallest absolute Gasteiger partial charge is 0.0946 e. The highest BCUT2D eigenvalue weighted by molar-refractivity contribution is 5.32. The van der Waals surface area contributed by atoms with E-state index >= 15 is 0 Å². The first-order valence-corrected chi connectivity index (χ1v) is 8.60. The summed E-state index contributed by atoms with van der Waals surface area (Å²) in [4.78, 5) is 6.74. The van der Waals surface area contributed by atoms with Crippen LogP contribution in [0.2, 0.25) is 0 Å². The van der Waals surface area contributed by atoms with Crippen molar-refractivity contribution in [1.29, 1.82) is 0 Å². The van der Waals surface area contributed by atoms with Crippen molar-refractivity contribution in [2.75, 3.05) is 6.54 Å². The maximum absolute atomic E-state index is 4.70. The predicted octanol–water partition coefficient (Wildman–Crippen LogP) is 3.04. The molecular formula is C19H23N5. The highest BCUT2D eigenvalue weighted by atomic mass is 15.3. The molecule has 24 heavy (non-hydrogen) atoms. The molecule has 1 saturated heterocycles. The van der Waals surface area contributed by atoms with Gasteiger partial charge in [0.15, 0.2) is 0 Å². The number of hydrogen-bond donors (Lipinski definition) is 0. The van der Waals surface area contributed by atoms with E-state index < -0.39 is 0 Å². The molecule has 2 aromatic heterocycles. The first-order chi connectivity index (χ1) is 11.8. The van der Waals surface area contributed by atoms with Crippen molar-refractivity contribution in [3.05, 3.63) is 66.5 Å². The van der Waals surface area contributed by atoms with E-state index in [-0.39, 0.29) is 0 Å². The molecule has 0 unspecified atom stereocenters. The molecule has 3 aromatic rings. The standard InChI is InChI=1S/C19H23N5/c1-16-17(13-24(21-16)18-6-3-2-4-7-18)12-23-10-5-8-19(23)14-22-11-9-20-15-22/h2-4,6-7,9,11,13,15,19H,5,8,10,12,14H2,1H3/t19-/m0/s1. The van der Waals surface area contributed by atoms with Crippen LogP contribution in [0, 0.1) is 6.92 Å². The highest BCUT2D eigenvalue weighted by Crippen LogP contribution is 2.23. The second-order valence-electron chi connectivity index (χ2n) is 6.55. The zero-order valence-electron chi connectivity index (χ0n) is 14.0. The number of imidazole rings is 1. The molecule has 1 fully saturated rings. The third-order valence-electron chi connectivity index (χ3n) is 4.87. The molecule has 0 amide bonds. The fourth-order valence-corrected chi connectivity index (χ4v) is 3.53. The molecule has 0 radical (unpaired) electrons. The van der Waals surface area contributed by atoms with Crippen LogP contribution < -0.4 is 0 Å². The first-order valence-electron chi connectivity index (χ1n) is 8.60. The van der Waals surface area contributed by atoms with E-state index in [9.17, 15) is 0 Å². The lowest BCUT2D eigenvalue weighted by molar-refractivity contribution is 0.224. The largest absolute Gasteiger partial charge is 0.336 e. The van der Waals surface area contributed by atoms with Gasteiger partial charge < -0.3 is 4.57 Å². The lowest BCUT2D eigenvalue weighted by atomic mass is 10.2. The van der Waals surface area contributed by atoms with Gasteiger partial charge in [-0.15, -0.1) is 0 Å². The average Bonchev–Trinajstić information content (AvgIpc) is 3.33. The predicted molar refractivity (Wildman–Crippen MR) is 94.0 cm³/mol. The summed E-state index contributed by atoms with van der Waals surface area (Å²) in [6, 6.07) is 10.9. The van der Waals surface area contributed by atoms with Crippen LogP contribution in [0.15, 0.2) is 55.2 Å². The van der Waals surface area contributed by atoms with Crippen LogP contribution in [-0.4, -0.2) is 36.8 Å². The van der Waals surface area contributed by atoms with Crippen LogP contribution in [-0.2, 0) is 13.1 Å². The summed E-state index contributed by atoms with van der Waals surface area (Å²) in [5, 5.41) is 4.70. The molecule has 0 aliphatic carbocycles. The average molecular weight is 321 g/mol. The number of likely N-dealkylation sites (tertiary alicyclic amines) is 1. The van der Waals surface area contributed by atoms with Gasteiger partial charge in [-0.3, -0.25) is 4.90 Å². The third kappa shape index (κ3) is 3.12. The molecule has 3 heterocycles. The van der Waals surface area contributed by atoms with Crippen LogP contribution in [0.3, 0.4) is 0 Å². The van der Waals surface area contributed by atoms with Gasteiger partial charge in [0, 0.05) is 43.3 Å². The Balaban J connectivity index is 1.49. The minimum atomic E-state index is 0.582. The van der Waals surface area contributed by atoms with Crippen LogP contribution in [0.4, 0.5) is 0 Å². The van der Waals surface area contributed by atoms with Crippen molar-refractivity contribution in [2.24, 2.45) is 0 Å². The third-order valence-corrected chi connectivity index (χ3v) is 4.87. The van der Waals surface area contributed by atoms with E-state index in [1.807, 2.05) is 35.4 Å². The summed E-state index contributed by atoms with van der Waals surface area (Å²) in [5.41, 5.74) is 3.55. The molecule has 5 heteroatoms. The Morgan fingerprint density at radius 1 is 1.21 bits per heavy atom. The van der Waals surface area contributed by atoms with Crippen LogP contribution in [0.25, 0.3) is 5.69 Å². The molecule has 1 aromatic carbocycles. The van der Waals surface area contributed by atoms with Crippen molar-refractivity contribution in [1.82, 2.24) is 24.2 Å². The first kappa shape index (κ1) is 15.1. The zero-order chi connectivity index (χ0) is 16.4. The molecule has 4 rings (SSSR count). The Hall–Kier alpha value is -2.40. The van der Waals surface area contributed by atoms with Crippen molar-refractivity contribution < 1.29 is 0 Å². The van der Waals surface area contributed by atoms with Gasteiger partial charge in [-0.1, -0.05) is 18.2 Å². The molecule has 0 saturated carbocycles. The molecule has 1 aliphatic rings. The fraction of sp³-hybridized carbons (Fsp3) is 0.368. The van der Waals surface area contributed by atoms with Crippen LogP contribution in [0.1, 0.15) is 24.1 Å². The number of rotatable bonds is 5. The number of nitrogens with zero attached hydrogens (tertiary/aromatic N) is 5. The van der Waals surface area contributed by atoms with Crippen molar-refractivity contribution in [3.63, 3.8) is 0 Å². The Morgan fingerprint density at radius 2 is 2.08 bits per heavy atom. The van der Waals surface area contributed by atoms with Gasteiger partial charge >= 0.3 is 0 Å². The molecule has 124 valence electrons. The lowest BCUT2D eigenvalue weighted by Crippen LogP contribution is -2.32. The monoisotopic (exact) mass is 321 g/mol. The van der Waals surface area contributed by atoms with Crippen molar-refractivity contribution in [2.45, 2.75) is 38.9 Å². The number of aromatic nitrogens is 4. The number of para-hydroxylation sites is 1. The maximum Gasteiger partial charge on any atom is 0.0946 e. The summed E-state index contributed by atoms with van der Waals surface area (Å²) in [7, 11) is 0. The van der Waals surface area contributed by atoms with E-state index in [2.05, 4.69) is 45.9 Å². The number of benzene rings is 1. The fourth-order valence-electron chi connectivity index (χ4n) is 3.53. The second-order valence-corrected chi connectivity index (χ2v) is 6.55. The molecule has 0 N–H and O–H groups in total. The summed E-state index contributed by atoms with van der Waals surface area (Å²) < 4.78 is 4.18. The summed E-state index contributed by atoms with van der Waals surface area (Å²) in [6.07, 6.45) is 10.5. The quantitative estimate of drug-likeness (QED) is 0.725. The van der Waals surface area contributed by atoms with Gasteiger partial charge in [-0.2, -0.15) is 5.10 Å². The maximum atomic E-state index is 4.70. The minimum absolute atomic E-state index is 0.582. The van der Waals surface area contributed by atoms with Gasteiger partial charge in [0.2, 0.25) is 0 Å². The van der Waals surface area contributed by atoms with Gasteiger partial charge in [0.25, 0.3) is 0 Å². The molecule has 0 bridgehead atoms. The van der Waals surface area contributed by atoms with Gasteiger partial charge in [-0.05, 0) is 38.4 Å². The van der Waals surface area contributed by atoms with E-state index in [1.165, 1.54) is 18.4 Å². The lowest BCUT2D eigenvalue weighted by Gasteiger charge is -2.24. The van der Waals surface area contributed by atoms with Crippen molar-refractivity contribution in [3.8, 4) is 5.69 Å². The Kier molecular flexibility index (Phi) is 4.17. The van der Waals surface area contributed by atoms with Gasteiger partial charge in [0.05, 0.1) is 17.7 Å². The molecule has 5 nitrogen and oxygen atoms in total. The Morgan fingerprint density at radius 3 is 2.88 bits per heavy atom.